The average molecular weight is 422 g/mol. The molecule has 0 aromatic heterocycles. The Morgan fingerprint density at radius 3 is 2.13 bits per heavy atom. The second kappa shape index (κ2) is 9.45. The fraction of sp³-hybridized carbons (Fsp3) is 0.360. The molecule has 2 aromatic carbocycles. The number of fused-ring (bicyclic) bond motifs is 2. The molecule has 0 saturated carbocycles. The lowest BCUT2D eigenvalue weighted by Gasteiger charge is -2.45. The monoisotopic (exact) mass is 422 g/mol. The van der Waals surface area contributed by atoms with Crippen molar-refractivity contribution in [2.24, 2.45) is 5.41 Å². The Morgan fingerprint density at radius 1 is 0.968 bits per heavy atom. The highest BCUT2D eigenvalue weighted by Crippen LogP contribution is 2.47. The van der Waals surface area contributed by atoms with Crippen LogP contribution >= 0.6 is 0 Å². The van der Waals surface area contributed by atoms with Gasteiger partial charge >= 0.3 is 11.9 Å². The third kappa shape index (κ3) is 5.03. The summed E-state index contributed by atoms with van der Waals surface area (Å²) in [7, 11) is 1.25. The van der Waals surface area contributed by atoms with Crippen LogP contribution in [0.3, 0.4) is 0 Å². The van der Waals surface area contributed by atoms with Crippen LogP contribution in [-0.2, 0) is 41.4 Å². The molecular weight excluding hydrogens is 396 g/mol. The van der Waals surface area contributed by atoms with E-state index >= 15 is 0 Å². The van der Waals surface area contributed by atoms with E-state index in [1.165, 1.54) is 7.11 Å². The van der Waals surface area contributed by atoms with Gasteiger partial charge in [0.2, 0.25) is 0 Å². The number of benzene rings is 2. The number of carbonyl (C=O) groups excluding carboxylic acids is 2. The molecule has 2 fully saturated rings. The van der Waals surface area contributed by atoms with Gasteiger partial charge in [-0.25, -0.2) is 9.59 Å². The standard InChI is InChI=1S/C25H26O6/c1-28-21(26)12-13-22(27)31-23-24-29-17-20(30-24)16-25(23,14-18-8-4-2-5-9-18)15-19-10-6-3-7-11-19/h2-13,20,23-24H,14-17H2,1H3/b13-12+/t20-,23+,24+/m0/s1. The van der Waals surface area contributed by atoms with Gasteiger partial charge in [-0.3, -0.25) is 0 Å². The molecule has 3 atom stereocenters. The first-order valence-electron chi connectivity index (χ1n) is 10.4. The Hall–Kier alpha value is -2.96. The quantitative estimate of drug-likeness (QED) is 0.504. The molecule has 2 bridgehead atoms. The van der Waals surface area contributed by atoms with Crippen molar-refractivity contribution in [1.82, 2.24) is 0 Å². The van der Waals surface area contributed by atoms with Crippen LogP contribution in [0, 0.1) is 5.41 Å². The maximum Gasteiger partial charge on any atom is 0.331 e. The fourth-order valence-electron chi connectivity index (χ4n) is 4.56. The molecule has 2 aliphatic heterocycles. The van der Waals surface area contributed by atoms with Crippen LogP contribution in [0.4, 0.5) is 0 Å². The molecule has 0 aliphatic carbocycles. The van der Waals surface area contributed by atoms with E-state index in [0.29, 0.717) is 25.9 Å². The minimum absolute atomic E-state index is 0.0435. The molecule has 0 radical (unpaired) electrons. The molecule has 0 spiro atoms. The van der Waals surface area contributed by atoms with Gasteiger partial charge < -0.3 is 18.9 Å². The van der Waals surface area contributed by atoms with Gasteiger partial charge in [-0.1, -0.05) is 60.7 Å². The van der Waals surface area contributed by atoms with Gasteiger partial charge in [-0.05, 0) is 30.4 Å². The maximum atomic E-state index is 12.6. The van der Waals surface area contributed by atoms with E-state index in [0.717, 1.165) is 23.3 Å². The second-order valence-electron chi connectivity index (χ2n) is 8.07. The van der Waals surface area contributed by atoms with E-state index in [1.54, 1.807) is 0 Å². The van der Waals surface area contributed by atoms with Crippen molar-refractivity contribution >= 4 is 11.9 Å². The van der Waals surface area contributed by atoms with E-state index < -0.39 is 29.7 Å². The summed E-state index contributed by atoms with van der Waals surface area (Å²) >= 11 is 0. The minimum atomic E-state index is -0.637. The molecule has 2 saturated heterocycles. The fourth-order valence-corrected chi connectivity index (χ4v) is 4.56. The van der Waals surface area contributed by atoms with Crippen molar-refractivity contribution in [2.75, 3.05) is 13.7 Å². The zero-order valence-electron chi connectivity index (χ0n) is 17.4. The van der Waals surface area contributed by atoms with Crippen molar-refractivity contribution in [3.8, 4) is 0 Å². The predicted molar refractivity (Wildman–Crippen MR) is 113 cm³/mol. The number of rotatable bonds is 7. The van der Waals surface area contributed by atoms with Crippen molar-refractivity contribution in [2.45, 2.75) is 37.8 Å². The Labute approximate surface area is 181 Å². The molecule has 2 aromatic rings. The lowest BCUT2D eigenvalue weighted by molar-refractivity contribution is -0.221. The Kier molecular flexibility index (Phi) is 6.49. The highest BCUT2D eigenvalue weighted by molar-refractivity contribution is 5.91. The first-order chi connectivity index (χ1) is 15.1. The third-order valence-corrected chi connectivity index (χ3v) is 5.86. The number of esters is 2. The summed E-state index contributed by atoms with van der Waals surface area (Å²) in [5.74, 6) is -1.24. The van der Waals surface area contributed by atoms with Gasteiger partial charge in [0, 0.05) is 17.6 Å². The lowest BCUT2D eigenvalue weighted by Crippen LogP contribution is -2.53. The second-order valence-corrected chi connectivity index (χ2v) is 8.07. The first-order valence-corrected chi connectivity index (χ1v) is 10.4. The Morgan fingerprint density at radius 2 is 1.55 bits per heavy atom. The smallest absolute Gasteiger partial charge is 0.331 e. The summed E-state index contributed by atoms with van der Waals surface area (Å²) in [6.45, 7) is 0.474. The van der Waals surface area contributed by atoms with Crippen LogP contribution in [0.15, 0.2) is 72.8 Å². The number of hydrogen-bond acceptors (Lipinski definition) is 6. The minimum Gasteiger partial charge on any atom is -0.466 e. The van der Waals surface area contributed by atoms with Crippen molar-refractivity contribution in [3.63, 3.8) is 0 Å². The number of hydrogen-bond donors (Lipinski definition) is 0. The molecule has 4 rings (SSSR count). The van der Waals surface area contributed by atoms with Crippen LogP contribution < -0.4 is 0 Å². The highest BCUT2D eigenvalue weighted by Gasteiger charge is 2.55. The van der Waals surface area contributed by atoms with Gasteiger partial charge in [-0.15, -0.1) is 0 Å². The molecule has 0 unspecified atom stereocenters. The van der Waals surface area contributed by atoms with E-state index in [9.17, 15) is 9.59 Å². The summed E-state index contributed by atoms with van der Waals surface area (Å²) < 4.78 is 22.3. The molecule has 2 heterocycles. The molecular formula is C25H26O6. The molecule has 6 nitrogen and oxygen atoms in total. The SMILES string of the molecule is COC(=O)/C=C/C(=O)O[C@@H]1[C@@H]2OC[C@H](CC1(Cc1ccccc1)Cc1ccccc1)O2. The normalized spacial score (nSPS) is 24.1. The largest absolute Gasteiger partial charge is 0.466 e. The van der Waals surface area contributed by atoms with Crippen LogP contribution in [0.5, 0.6) is 0 Å². The molecule has 162 valence electrons. The van der Waals surface area contributed by atoms with Crippen molar-refractivity contribution in [1.29, 1.82) is 0 Å². The summed E-state index contributed by atoms with van der Waals surface area (Å²) in [4.78, 5) is 24.0. The van der Waals surface area contributed by atoms with Gasteiger partial charge in [-0.2, -0.15) is 0 Å². The molecule has 0 amide bonds. The predicted octanol–water partition coefficient (Wildman–Crippen LogP) is 3.24. The summed E-state index contributed by atoms with van der Waals surface area (Å²) in [5, 5.41) is 0. The van der Waals surface area contributed by atoms with Crippen molar-refractivity contribution in [3.05, 3.63) is 83.9 Å². The topological polar surface area (TPSA) is 71.1 Å². The van der Waals surface area contributed by atoms with Crippen molar-refractivity contribution < 1.29 is 28.5 Å². The van der Waals surface area contributed by atoms with Crippen LogP contribution in [0.2, 0.25) is 0 Å². The first kappa shape index (κ1) is 21.3. The van der Waals surface area contributed by atoms with Gasteiger partial charge in [0.05, 0.1) is 19.8 Å². The highest BCUT2D eigenvalue weighted by atomic mass is 16.7. The summed E-state index contributed by atoms with van der Waals surface area (Å²) in [6.07, 6.45) is 2.96. The zero-order valence-corrected chi connectivity index (χ0v) is 17.4. The van der Waals surface area contributed by atoms with E-state index in [1.807, 2.05) is 36.4 Å². The van der Waals surface area contributed by atoms with Crippen LogP contribution in [-0.4, -0.2) is 44.2 Å². The Bertz CT molecular complexity index is 882. The van der Waals surface area contributed by atoms with Gasteiger partial charge in [0.25, 0.3) is 0 Å². The third-order valence-electron chi connectivity index (χ3n) is 5.86. The molecule has 0 N–H and O–H groups in total. The molecule has 2 aliphatic rings. The van der Waals surface area contributed by atoms with E-state index in [2.05, 4.69) is 29.0 Å². The number of methoxy groups -OCH3 is 1. The average Bonchev–Trinajstić information content (AvgIpc) is 3.19. The lowest BCUT2D eigenvalue weighted by atomic mass is 9.67. The van der Waals surface area contributed by atoms with Crippen LogP contribution in [0.1, 0.15) is 17.5 Å². The van der Waals surface area contributed by atoms with Gasteiger partial charge in [0.15, 0.2) is 12.4 Å². The summed E-state index contributed by atoms with van der Waals surface area (Å²) in [5.41, 5.74) is 1.90. The number of carbonyl (C=O) groups is 2. The maximum absolute atomic E-state index is 12.6. The zero-order chi connectivity index (χ0) is 21.7. The summed E-state index contributed by atoms with van der Waals surface area (Å²) in [6, 6.07) is 20.3. The van der Waals surface area contributed by atoms with Crippen LogP contribution in [0.25, 0.3) is 0 Å². The number of ether oxygens (including phenoxy) is 4. The Balaban J connectivity index is 1.67. The molecule has 6 heteroatoms. The van der Waals surface area contributed by atoms with E-state index in [-0.39, 0.29) is 6.10 Å². The molecule has 31 heavy (non-hydrogen) atoms. The van der Waals surface area contributed by atoms with Gasteiger partial charge in [0.1, 0.15) is 0 Å². The van der Waals surface area contributed by atoms with E-state index in [4.69, 9.17) is 14.2 Å².